The molecule has 4 heterocycles. The van der Waals surface area contributed by atoms with Crippen LogP contribution < -0.4 is 15.0 Å². The lowest BCUT2D eigenvalue weighted by atomic mass is 9.95. The van der Waals surface area contributed by atoms with E-state index in [0.29, 0.717) is 62.6 Å². The fourth-order valence-corrected chi connectivity index (χ4v) is 7.10. The number of nitrogens with zero attached hydrogens (tertiary/aromatic N) is 4. The van der Waals surface area contributed by atoms with Crippen molar-refractivity contribution in [3.63, 3.8) is 0 Å². The van der Waals surface area contributed by atoms with Crippen LogP contribution in [0.1, 0.15) is 33.1 Å². The van der Waals surface area contributed by atoms with E-state index in [-0.39, 0.29) is 39.9 Å². The molecular weight excluding hydrogens is 571 g/mol. The highest BCUT2D eigenvalue weighted by molar-refractivity contribution is 6.01. The van der Waals surface area contributed by atoms with E-state index in [2.05, 4.69) is 34.0 Å². The number of aromatic hydroxyl groups is 1. The predicted molar refractivity (Wildman–Crippen MR) is 163 cm³/mol. The summed E-state index contributed by atoms with van der Waals surface area (Å²) in [6, 6.07) is 10.1. The summed E-state index contributed by atoms with van der Waals surface area (Å²) in [4.78, 5) is 13.5. The van der Waals surface area contributed by atoms with Crippen LogP contribution in [0.15, 0.2) is 36.4 Å². The van der Waals surface area contributed by atoms with Crippen molar-refractivity contribution in [1.29, 1.82) is 0 Å². The summed E-state index contributed by atoms with van der Waals surface area (Å²) in [5, 5.41) is 14.8. The Kier molecular flexibility index (Phi) is 7.72. The van der Waals surface area contributed by atoms with Crippen LogP contribution >= 0.6 is 0 Å². The van der Waals surface area contributed by atoms with Gasteiger partial charge in [-0.3, -0.25) is 4.90 Å². The van der Waals surface area contributed by atoms with E-state index in [1.54, 1.807) is 24.3 Å². The Labute approximate surface area is 253 Å². The van der Waals surface area contributed by atoms with E-state index in [1.165, 1.54) is 12.1 Å². The van der Waals surface area contributed by atoms with Crippen LogP contribution in [0.3, 0.4) is 0 Å². The zero-order valence-electron chi connectivity index (χ0n) is 24.8. The highest BCUT2D eigenvalue weighted by Crippen LogP contribution is 2.42. The molecule has 4 atom stereocenters. The van der Waals surface area contributed by atoms with Gasteiger partial charge in [-0.25, -0.2) is 13.2 Å². The monoisotopic (exact) mass is 607 g/mol. The number of piperazine rings is 1. The number of benzene rings is 3. The van der Waals surface area contributed by atoms with Crippen LogP contribution in [0.5, 0.6) is 11.8 Å². The number of hydrogen-bond acceptors (Lipinski definition) is 8. The van der Waals surface area contributed by atoms with Crippen molar-refractivity contribution in [1.82, 2.24) is 20.2 Å². The third kappa shape index (κ3) is 5.20. The van der Waals surface area contributed by atoms with Gasteiger partial charge in [0.15, 0.2) is 17.4 Å². The Morgan fingerprint density at radius 3 is 2.43 bits per heavy atom. The minimum Gasteiger partial charge on any atom is -0.505 e. The third-order valence-electron chi connectivity index (χ3n) is 9.22. The largest absolute Gasteiger partial charge is 0.505 e. The van der Waals surface area contributed by atoms with Gasteiger partial charge in [0.25, 0.3) is 0 Å². The number of aromatic nitrogens is 2. The van der Waals surface area contributed by atoms with Gasteiger partial charge in [-0.15, -0.1) is 0 Å². The number of hydrogen-bond donors (Lipinski definition) is 2. The van der Waals surface area contributed by atoms with Crippen LogP contribution in [-0.2, 0) is 4.74 Å². The van der Waals surface area contributed by atoms with Crippen molar-refractivity contribution in [3.05, 3.63) is 53.8 Å². The number of nitrogens with one attached hydrogen (secondary N) is 1. The first kappa shape index (κ1) is 29.1. The van der Waals surface area contributed by atoms with E-state index in [9.17, 15) is 5.11 Å². The molecule has 2 bridgehead atoms. The standard InChI is InChI=1S/C33H36F3N5O3/c1-18-16-43-17-19(2)41(18)10-5-11-44-33-38-31-24(32(39-33)40-14-21-8-9-22(15-40)37-21)13-25(34)28(30(31)36)27-23-7-4-3-6-20(23)12-26(42)29(27)35/h3-4,6-7,12-13,18-19,21-22,37,42H,5,8-11,14-17H2,1-2H3. The van der Waals surface area contributed by atoms with Crippen molar-refractivity contribution in [2.45, 2.75) is 57.3 Å². The van der Waals surface area contributed by atoms with E-state index >= 15 is 13.2 Å². The molecule has 3 aliphatic rings. The highest BCUT2D eigenvalue weighted by Gasteiger charge is 2.35. The second-order valence-electron chi connectivity index (χ2n) is 12.3. The Hall–Kier alpha value is -3.67. The molecule has 232 valence electrons. The Bertz CT molecular complexity index is 1700. The van der Waals surface area contributed by atoms with Crippen LogP contribution in [0.4, 0.5) is 19.0 Å². The number of fused-ring (bicyclic) bond motifs is 4. The first-order valence-electron chi connectivity index (χ1n) is 15.4. The molecule has 2 N–H and O–H groups in total. The normalized spacial score (nSPS) is 24.0. The average Bonchev–Trinajstić information content (AvgIpc) is 3.35. The topological polar surface area (TPSA) is 83.0 Å². The van der Waals surface area contributed by atoms with Gasteiger partial charge in [-0.1, -0.05) is 24.3 Å². The lowest BCUT2D eigenvalue weighted by Gasteiger charge is -2.38. The SMILES string of the molecule is CC1COCC(C)N1CCCOc1nc(N2CC3CCC(C2)N3)c2cc(F)c(-c3c(F)c(O)cc4ccccc34)c(F)c2n1. The molecule has 3 aromatic carbocycles. The van der Waals surface area contributed by atoms with Gasteiger partial charge in [-0.2, -0.15) is 9.97 Å². The van der Waals surface area contributed by atoms with Crippen molar-refractivity contribution in [3.8, 4) is 22.9 Å². The third-order valence-corrected chi connectivity index (χ3v) is 9.22. The maximum absolute atomic E-state index is 16.6. The molecule has 7 rings (SSSR count). The minimum atomic E-state index is -1.10. The quantitative estimate of drug-likeness (QED) is 0.271. The number of ether oxygens (including phenoxy) is 2. The van der Waals surface area contributed by atoms with Gasteiger partial charge in [-0.05, 0) is 56.0 Å². The Morgan fingerprint density at radius 2 is 1.68 bits per heavy atom. The van der Waals surface area contributed by atoms with E-state index in [4.69, 9.17) is 9.47 Å². The molecule has 4 aromatic rings. The van der Waals surface area contributed by atoms with Gasteiger partial charge in [0, 0.05) is 54.8 Å². The summed E-state index contributed by atoms with van der Waals surface area (Å²) < 4.78 is 59.7. The van der Waals surface area contributed by atoms with Crippen LogP contribution in [0.2, 0.25) is 0 Å². The lowest BCUT2D eigenvalue weighted by Crippen LogP contribution is -2.51. The van der Waals surface area contributed by atoms with Gasteiger partial charge in [0.2, 0.25) is 0 Å². The van der Waals surface area contributed by atoms with E-state index in [0.717, 1.165) is 19.4 Å². The second kappa shape index (κ2) is 11.7. The molecule has 4 unspecified atom stereocenters. The number of phenols is 1. The second-order valence-corrected chi connectivity index (χ2v) is 12.3. The first-order chi connectivity index (χ1) is 21.3. The maximum atomic E-state index is 16.6. The summed E-state index contributed by atoms with van der Waals surface area (Å²) in [6.07, 6.45) is 2.73. The predicted octanol–water partition coefficient (Wildman–Crippen LogP) is 5.39. The van der Waals surface area contributed by atoms with E-state index in [1.807, 2.05) is 4.90 Å². The Morgan fingerprint density at radius 1 is 0.955 bits per heavy atom. The summed E-state index contributed by atoms with van der Waals surface area (Å²) in [7, 11) is 0. The smallest absolute Gasteiger partial charge is 0.319 e. The van der Waals surface area contributed by atoms with Crippen molar-refractivity contribution in [2.75, 3.05) is 44.4 Å². The molecule has 0 amide bonds. The molecule has 0 radical (unpaired) electrons. The first-order valence-corrected chi connectivity index (χ1v) is 15.4. The number of anilines is 1. The minimum absolute atomic E-state index is 0.0147. The molecule has 1 aromatic heterocycles. The van der Waals surface area contributed by atoms with Crippen LogP contribution in [0.25, 0.3) is 32.8 Å². The van der Waals surface area contributed by atoms with Gasteiger partial charge in [0.05, 0.1) is 25.4 Å². The molecule has 8 nitrogen and oxygen atoms in total. The molecule has 3 saturated heterocycles. The average molecular weight is 608 g/mol. The number of morpholine rings is 1. The zero-order chi connectivity index (χ0) is 30.5. The summed E-state index contributed by atoms with van der Waals surface area (Å²) in [5.41, 5.74) is -1.10. The Balaban J connectivity index is 1.29. The zero-order valence-corrected chi connectivity index (χ0v) is 24.8. The fraction of sp³-hybridized carbons (Fsp3) is 0.455. The van der Waals surface area contributed by atoms with E-state index < -0.39 is 28.8 Å². The molecule has 0 spiro atoms. The number of halogens is 3. The van der Waals surface area contributed by atoms with Gasteiger partial charge >= 0.3 is 6.01 Å². The summed E-state index contributed by atoms with van der Waals surface area (Å²) in [6.45, 7) is 7.99. The molecular formula is C33H36F3N5O3. The fourth-order valence-electron chi connectivity index (χ4n) is 7.10. The highest BCUT2D eigenvalue weighted by atomic mass is 19.1. The lowest BCUT2D eigenvalue weighted by molar-refractivity contribution is -0.0380. The van der Waals surface area contributed by atoms with Crippen molar-refractivity contribution < 1.29 is 27.8 Å². The number of rotatable bonds is 7. The van der Waals surface area contributed by atoms with Gasteiger partial charge < -0.3 is 24.8 Å². The molecule has 0 aliphatic carbocycles. The molecule has 0 saturated carbocycles. The number of phenolic OH excluding ortho intramolecular Hbond substituents is 1. The maximum Gasteiger partial charge on any atom is 0.319 e. The molecule has 3 fully saturated rings. The van der Waals surface area contributed by atoms with Crippen molar-refractivity contribution in [2.24, 2.45) is 0 Å². The summed E-state index contributed by atoms with van der Waals surface area (Å²) in [5.74, 6) is -3.39. The molecule has 3 aliphatic heterocycles. The summed E-state index contributed by atoms with van der Waals surface area (Å²) >= 11 is 0. The van der Waals surface area contributed by atoms with Gasteiger partial charge in [0.1, 0.15) is 17.2 Å². The van der Waals surface area contributed by atoms with Crippen LogP contribution in [-0.4, -0.2) is 83.6 Å². The van der Waals surface area contributed by atoms with Crippen molar-refractivity contribution >= 4 is 27.5 Å². The van der Waals surface area contributed by atoms with Crippen LogP contribution in [0, 0.1) is 17.5 Å². The molecule has 44 heavy (non-hydrogen) atoms. The molecule has 11 heteroatoms.